The molecule has 2 heterocycles. The van der Waals surface area contributed by atoms with Crippen molar-refractivity contribution in [2.45, 2.75) is 65.2 Å². The Bertz CT molecular complexity index is 480. The van der Waals surface area contributed by atoms with Crippen LogP contribution in [0.2, 0.25) is 0 Å². The van der Waals surface area contributed by atoms with E-state index in [2.05, 4.69) is 24.1 Å². The zero-order valence-corrected chi connectivity index (χ0v) is 14.9. The molecule has 130 valence electrons. The van der Waals surface area contributed by atoms with Crippen LogP contribution in [-0.4, -0.2) is 41.3 Å². The second-order valence-electron chi connectivity index (χ2n) is 6.40. The Morgan fingerprint density at radius 3 is 2.22 bits per heavy atom. The van der Waals surface area contributed by atoms with E-state index >= 15 is 0 Å². The summed E-state index contributed by atoms with van der Waals surface area (Å²) in [5, 5.41) is 11.0. The number of aliphatic hydroxyl groups is 1. The van der Waals surface area contributed by atoms with Gasteiger partial charge in [0.05, 0.1) is 0 Å². The van der Waals surface area contributed by atoms with Crippen molar-refractivity contribution in [1.82, 2.24) is 9.97 Å². The minimum atomic E-state index is 0.250. The van der Waals surface area contributed by atoms with E-state index in [0.717, 1.165) is 31.3 Å². The van der Waals surface area contributed by atoms with Crippen LogP contribution in [0.25, 0.3) is 0 Å². The maximum atomic E-state index is 7.57. The zero-order chi connectivity index (χ0) is 16.7. The first-order valence-corrected chi connectivity index (χ1v) is 9.19. The molecule has 0 radical (unpaired) electrons. The van der Waals surface area contributed by atoms with Crippen molar-refractivity contribution in [3.05, 3.63) is 11.4 Å². The molecule has 1 aliphatic heterocycles. The number of nitrogens with zero attached hydrogens (tertiary/aromatic N) is 3. The molecule has 5 heteroatoms. The van der Waals surface area contributed by atoms with Crippen LogP contribution in [0.3, 0.4) is 0 Å². The summed E-state index contributed by atoms with van der Waals surface area (Å²) in [5.41, 5.74) is 1.22. The van der Waals surface area contributed by atoms with Gasteiger partial charge < -0.3 is 15.3 Å². The first kappa shape index (κ1) is 18.0. The van der Waals surface area contributed by atoms with Crippen LogP contribution in [0, 0.1) is 6.92 Å². The summed E-state index contributed by atoms with van der Waals surface area (Å²) in [6.07, 6.45) is 7.81. The number of rotatable bonds is 4. The molecule has 0 atom stereocenters. The van der Waals surface area contributed by atoms with Gasteiger partial charge in [-0.2, -0.15) is 0 Å². The molecule has 0 bridgehead atoms. The van der Waals surface area contributed by atoms with Crippen LogP contribution in [0.1, 0.15) is 69.7 Å². The van der Waals surface area contributed by atoms with Gasteiger partial charge in [-0.25, -0.2) is 9.97 Å². The van der Waals surface area contributed by atoms with Gasteiger partial charge in [0.2, 0.25) is 0 Å². The maximum Gasteiger partial charge on any atom is 0.137 e. The third-order valence-electron chi connectivity index (χ3n) is 4.33. The van der Waals surface area contributed by atoms with Crippen LogP contribution in [0.4, 0.5) is 11.6 Å². The minimum absolute atomic E-state index is 0.250. The fourth-order valence-corrected chi connectivity index (χ4v) is 2.98. The smallest absolute Gasteiger partial charge is 0.137 e. The van der Waals surface area contributed by atoms with E-state index in [9.17, 15) is 0 Å². The summed E-state index contributed by atoms with van der Waals surface area (Å²) in [6.45, 7) is 9.43. The third kappa shape index (κ3) is 5.06. The lowest BCUT2D eigenvalue weighted by atomic mass is 10.2. The van der Waals surface area contributed by atoms with Crippen molar-refractivity contribution in [3.8, 4) is 0 Å². The van der Waals surface area contributed by atoms with Crippen molar-refractivity contribution in [1.29, 1.82) is 0 Å². The molecule has 1 aromatic heterocycles. The Kier molecular flexibility index (Phi) is 7.09. The largest absolute Gasteiger partial charge is 0.397 e. The van der Waals surface area contributed by atoms with Gasteiger partial charge in [0, 0.05) is 37.7 Å². The van der Waals surface area contributed by atoms with Crippen molar-refractivity contribution in [2.75, 3.05) is 36.5 Å². The summed E-state index contributed by atoms with van der Waals surface area (Å²) in [5.74, 6) is 3.90. The average molecular weight is 320 g/mol. The van der Waals surface area contributed by atoms with E-state index < -0.39 is 0 Å². The molecule has 0 spiro atoms. The Morgan fingerprint density at radius 1 is 1.09 bits per heavy atom. The molecule has 2 fully saturated rings. The second kappa shape index (κ2) is 9.06. The Hall–Kier alpha value is -1.36. The summed E-state index contributed by atoms with van der Waals surface area (Å²) >= 11 is 0. The summed E-state index contributed by atoms with van der Waals surface area (Å²) < 4.78 is 0. The highest BCUT2D eigenvalue weighted by molar-refractivity contribution is 5.59. The highest BCUT2D eigenvalue weighted by Crippen LogP contribution is 2.40. The van der Waals surface area contributed by atoms with Gasteiger partial charge in [-0.05, 0) is 46.5 Å². The summed E-state index contributed by atoms with van der Waals surface area (Å²) in [7, 11) is 0. The predicted molar refractivity (Wildman–Crippen MR) is 96.3 cm³/mol. The van der Waals surface area contributed by atoms with Crippen molar-refractivity contribution < 1.29 is 5.11 Å². The molecular weight excluding hydrogens is 288 g/mol. The number of aromatic nitrogens is 2. The van der Waals surface area contributed by atoms with Crippen molar-refractivity contribution in [2.24, 2.45) is 0 Å². The zero-order valence-electron chi connectivity index (χ0n) is 14.9. The van der Waals surface area contributed by atoms with Gasteiger partial charge >= 0.3 is 0 Å². The fourth-order valence-electron chi connectivity index (χ4n) is 2.98. The molecule has 1 saturated heterocycles. The first-order valence-electron chi connectivity index (χ1n) is 9.19. The lowest BCUT2D eigenvalue weighted by Gasteiger charge is -2.25. The molecule has 1 saturated carbocycles. The summed E-state index contributed by atoms with van der Waals surface area (Å²) in [6, 6.07) is 0. The van der Waals surface area contributed by atoms with E-state index in [1.54, 1.807) is 6.92 Å². The highest BCUT2D eigenvalue weighted by atomic mass is 16.2. The van der Waals surface area contributed by atoms with Crippen LogP contribution < -0.4 is 10.2 Å². The van der Waals surface area contributed by atoms with E-state index in [1.807, 2.05) is 0 Å². The van der Waals surface area contributed by atoms with Crippen LogP contribution in [0.15, 0.2) is 0 Å². The van der Waals surface area contributed by atoms with E-state index in [1.165, 1.54) is 49.9 Å². The Morgan fingerprint density at radius 2 is 1.70 bits per heavy atom. The lowest BCUT2D eigenvalue weighted by molar-refractivity contribution is 0.318. The quantitative estimate of drug-likeness (QED) is 0.889. The molecule has 0 amide bonds. The number of nitrogens with one attached hydrogen (secondary N) is 1. The van der Waals surface area contributed by atoms with E-state index in [4.69, 9.17) is 15.1 Å². The molecule has 0 aromatic carbocycles. The number of hydrogen-bond acceptors (Lipinski definition) is 5. The molecule has 5 nitrogen and oxygen atoms in total. The van der Waals surface area contributed by atoms with Gasteiger partial charge in [0.25, 0.3) is 0 Å². The fraction of sp³-hybridized carbons (Fsp3) is 0.778. The van der Waals surface area contributed by atoms with Gasteiger partial charge in [0.1, 0.15) is 17.5 Å². The molecule has 23 heavy (non-hydrogen) atoms. The molecule has 2 N–H and O–H groups in total. The van der Waals surface area contributed by atoms with Crippen LogP contribution in [0.5, 0.6) is 0 Å². The maximum absolute atomic E-state index is 7.57. The second-order valence-corrected chi connectivity index (χ2v) is 6.40. The predicted octanol–water partition coefficient (Wildman–Crippen LogP) is 3.47. The van der Waals surface area contributed by atoms with Gasteiger partial charge in [-0.3, -0.25) is 0 Å². The molecule has 2 aliphatic rings. The van der Waals surface area contributed by atoms with E-state index in [0.29, 0.717) is 5.92 Å². The third-order valence-corrected chi connectivity index (χ3v) is 4.33. The molecule has 0 unspecified atom stereocenters. The monoisotopic (exact) mass is 320 g/mol. The van der Waals surface area contributed by atoms with E-state index in [-0.39, 0.29) is 6.61 Å². The van der Waals surface area contributed by atoms with Crippen molar-refractivity contribution in [3.63, 3.8) is 0 Å². The van der Waals surface area contributed by atoms with Crippen molar-refractivity contribution >= 4 is 11.6 Å². The number of anilines is 2. The standard InChI is InChI=1S/C16H26N4.C2H6O/c1-3-17-14-12(2)16(19-15(18-14)13-8-9-13)20-10-6-4-5-7-11-20;1-2-3/h13H,3-11H2,1-2H3,(H,17,18,19);3H,2H2,1H3. The first-order chi connectivity index (χ1) is 11.2. The topological polar surface area (TPSA) is 61.3 Å². The molecule has 1 aliphatic carbocycles. The normalized spacial score (nSPS) is 18.0. The summed E-state index contributed by atoms with van der Waals surface area (Å²) in [4.78, 5) is 12.2. The molecular formula is C18H32N4O. The van der Waals surface area contributed by atoms with Crippen LogP contribution >= 0.6 is 0 Å². The Labute approximate surface area is 140 Å². The Balaban J connectivity index is 0.000000595. The number of hydrogen-bond donors (Lipinski definition) is 2. The molecule has 3 rings (SSSR count). The lowest BCUT2D eigenvalue weighted by Crippen LogP contribution is -2.27. The minimum Gasteiger partial charge on any atom is -0.397 e. The average Bonchev–Trinajstić information content (AvgIpc) is 3.37. The van der Waals surface area contributed by atoms with Crippen LogP contribution in [-0.2, 0) is 0 Å². The van der Waals surface area contributed by atoms with Gasteiger partial charge in [-0.15, -0.1) is 0 Å². The SMILES string of the molecule is CCNc1nc(C2CC2)nc(N2CCCCCC2)c1C.CCO. The molecule has 1 aromatic rings. The van der Waals surface area contributed by atoms with Gasteiger partial charge in [-0.1, -0.05) is 12.8 Å². The highest BCUT2D eigenvalue weighted by Gasteiger charge is 2.29. The van der Waals surface area contributed by atoms with Gasteiger partial charge in [0.15, 0.2) is 0 Å². The number of aliphatic hydroxyl groups excluding tert-OH is 1.